The predicted octanol–water partition coefficient (Wildman–Crippen LogP) is 3.01. The van der Waals surface area contributed by atoms with Crippen molar-refractivity contribution < 1.29 is 0 Å². The van der Waals surface area contributed by atoms with Crippen LogP contribution in [0.1, 0.15) is 20.8 Å². The van der Waals surface area contributed by atoms with Crippen LogP contribution in [0.4, 0.5) is 5.82 Å². The van der Waals surface area contributed by atoms with Crippen LogP contribution in [0, 0.1) is 0 Å². The Kier molecular flexibility index (Phi) is 3.20. The molecule has 0 amide bonds. The number of hydrogen-bond acceptors (Lipinski definition) is 3. The van der Waals surface area contributed by atoms with Gasteiger partial charge < -0.3 is 5.32 Å². The van der Waals surface area contributed by atoms with E-state index in [4.69, 9.17) is 0 Å². The number of anilines is 1. The third kappa shape index (κ3) is 3.68. The molecule has 0 saturated carbocycles. The van der Waals surface area contributed by atoms with Gasteiger partial charge in [0.15, 0.2) is 0 Å². The monoisotopic (exact) mass is 196 g/mol. The van der Waals surface area contributed by atoms with E-state index in [-0.39, 0.29) is 4.75 Å². The summed E-state index contributed by atoms with van der Waals surface area (Å²) < 4.78 is 0.256. The molecule has 1 heterocycles. The first-order valence-electron chi connectivity index (χ1n) is 4.34. The number of thioether (sulfide) groups is 1. The number of aromatic nitrogens is 1. The van der Waals surface area contributed by atoms with Crippen molar-refractivity contribution in [3.8, 4) is 0 Å². The van der Waals surface area contributed by atoms with Gasteiger partial charge in [-0.1, -0.05) is 20.8 Å². The fourth-order valence-corrected chi connectivity index (χ4v) is 1.97. The Morgan fingerprint density at radius 3 is 2.62 bits per heavy atom. The maximum absolute atomic E-state index is 4.16. The maximum atomic E-state index is 4.16. The van der Waals surface area contributed by atoms with E-state index in [9.17, 15) is 0 Å². The average molecular weight is 196 g/mol. The number of hydrogen-bond donors (Lipinski definition) is 1. The van der Waals surface area contributed by atoms with Gasteiger partial charge in [-0.25, -0.2) is 4.98 Å². The highest BCUT2D eigenvalue weighted by Crippen LogP contribution is 2.32. The van der Waals surface area contributed by atoms with Crippen LogP contribution in [0.3, 0.4) is 0 Å². The Hall–Kier alpha value is -0.700. The van der Waals surface area contributed by atoms with Crippen molar-refractivity contribution in [2.75, 3.05) is 12.4 Å². The predicted molar refractivity (Wildman–Crippen MR) is 59.4 cm³/mol. The molecule has 3 heteroatoms. The minimum Gasteiger partial charge on any atom is -0.373 e. The first kappa shape index (κ1) is 10.4. The highest BCUT2D eigenvalue weighted by atomic mass is 32.2. The summed E-state index contributed by atoms with van der Waals surface area (Å²) in [4.78, 5) is 5.42. The van der Waals surface area contributed by atoms with Gasteiger partial charge in [0.25, 0.3) is 0 Å². The summed E-state index contributed by atoms with van der Waals surface area (Å²) in [5.41, 5.74) is 0. The molecule has 13 heavy (non-hydrogen) atoms. The van der Waals surface area contributed by atoms with Gasteiger partial charge in [0, 0.05) is 22.9 Å². The molecule has 0 aromatic carbocycles. The lowest BCUT2D eigenvalue weighted by Crippen LogP contribution is -2.06. The Morgan fingerprint density at radius 1 is 1.38 bits per heavy atom. The fourth-order valence-electron chi connectivity index (χ4n) is 0.965. The molecule has 72 valence electrons. The molecule has 1 rings (SSSR count). The number of nitrogens with zero attached hydrogens (tertiary/aromatic N) is 1. The zero-order chi connectivity index (χ0) is 9.90. The van der Waals surface area contributed by atoms with Crippen LogP contribution < -0.4 is 5.32 Å². The largest absolute Gasteiger partial charge is 0.373 e. The average Bonchev–Trinajstić information content (AvgIpc) is 2.01. The van der Waals surface area contributed by atoms with Gasteiger partial charge in [-0.15, -0.1) is 11.8 Å². The second-order valence-corrected chi connectivity index (χ2v) is 5.74. The molecular formula is C10H16N2S. The molecule has 0 aliphatic carbocycles. The molecule has 0 unspecified atom stereocenters. The van der Waals surface area contributed by atoms with Crippen LogP contribution in [0.2, 0.25) is 0 Å². The molecule has 0 bridgehead atoms. The van der Waals surface area contributed by atoms with Gasteiger partial charge >= 0.3 is 0 Å². The molecule has 2 nitrogen and oxygen atoms in total. The minimum absolute atomic E-state index is 0.256. The van der Waals surface area contributed by atoms with E-state index in [0.29, 0.717) is 0 Å². The third-order valence-electron chi connectivity index (χ3n) is 1.41. The number of pyridine rings is 1. The lowest BCUT2D eigenvalue weighted by atomic mass is 10.3. The quantitative estimate of drug-likeness (QED) is 0.736. The molecule has 0 saturated heterocycles. The molecule has 0 atom stereocenters. The van der Waals surface area contributed by atoms with Gasteiger partial charge in [-0.05, 0) is 12.1 Å². The maximum Gasteiger partial charge on any atom is 0.126 e. The molecular weight excluding hydrogens is 180 g/mol. The highest BCUT2D eigenvalue weighted by molar-refractivity contribution is 8.00. The van der Waals surface area contributed by atoms with E-state index >= 15 is 0 Å². The molecule has 0 aliphatic rings. The summed E-state index contributed by atoms with van der Waals surface area (Å²) in [7, 11) is 1.88. The molecule has 0 radical (unpaired) electrons. The Labute approximate surface area is 84.1 Å². The molecule has 1 N–H and O–H groups in total. The van der Waals surface area contributed by atoms with E-state index in [2.05, 4.69) is 37.1 Å². The SMILES string of the molecule is CNc1cc(SC(C)(C)C)ccn1. The number of nitrogens with one attached hydrogen (secondary N) is 1. The first-order chi connectivity index (χ1) is 6.01. The van der Waals surface area contributed by atoms with Gasteiger partial charge in [-0.3, -0.25) is 0 Å². The summed E-state index contributed by atoms with van der Waals surface area (Å²) in [5, 5.41) is 3.03. The smallest absolute Gasteiger partial charge is 0.126 e. The van der Waals surface area contributed by atoms with E-state index < -0.39 is 0 Å². The van der Waals surface area contributed by atoms with Crippen molar-refractivity contribution in [3.63, 3.8) is 0 Å². The van der Waals surface area contributed by atoms with E-state index in [0.717, 1.165) is 5.82 Å². The van der Waals surface area contributed by atoms with Crippen LogP contribution in [-0.4, -0.2) is 16.8 Å². The van der Waals surface area contributed by atoms with Crippen LogP contribution in [0.25, 0.3) is 0 Å². The lowest BCUT2D eigenvalue weighted by molar-refractivity contribution is 0.802. The topological polar surface area (TPSA) is 24.9 Å². The van der Waals surface area contributed by atoms with Crippen molar-refractivity contribution in [1.82, 2.24) is 4.98 Å². The Morgan fingerprint density at radius 2 is 2.08 bits per heavy atom. The number of rotatable bonds is 2. The molecule has 0 fully saturated rings. The van der Waals surface area contributed by atoms with Crippen LogP contribution >= 0.6 is 11.8 Å². The molecule has 0 spiro atoms. The summed E-state index contributed by atoms with van der Waals surface area (Å²) >= 11 is 1.85. The summed E-state index contributed by atoms with van der Waals surface area (Å²) in [6.07, 6.45) is 1.83. The molecule has 1 aromatic heterocycles. The van der Waals surface area contributed by atoms with Crippen molar-refractivity contribution in [1.29, 1.82) is 0 Å². The van der Waals surface area contributed by atoms with Gasteiger partial charge in [-0.2, -0.15) is 0 Å². The highest BCUT2D eigenvalue weighted by Gasteiger charge is 2.11. The van der Waals surface area contributed by atoms with Crippen molar-refractivity contribution in [3.05, 3.63) is 18.3 Å². The molecule has 0 aliphatic heterocycles. The van der Waals surface area contributed by atoms with Crippen molar-refractivity contribution in [2.45, 2.75) is 30.4 Å². The fraction of sp³-hybridized carbons (Fsp3) is 0.500. The van der Waals surface area contributed by atoms with Gasteiger partial charge in [0.05, 0.1) is 0 Å². The Balaban J connectivity index is 2.78. The normalized spacial score (nSPS) is 11.4. The zero-order valence-corrected chi connectivity index (χ0v) is 9.40. The van der Waals surface area contributed by atoms with Crippen LogP contribution in [0.5, 0.6) is 0 Å². The van der Waals surface area contributed by atoms with Crippen LogP contribution in [0.15, 0.2) is 23.2 Å². The summed E-state index contributed by atoms with van der Waals surface area (Å²) in [5.74, 6) is 0.925. The van der Waals surface area contributed by atoms with E-state index in [1.54, 1.807) is 0 Å². The van der Waals surface area contributed by atoms with Crippen molar-refractivity contribution >= 4 is 17.6 Å². The van der Waals surface area contributed by atoms with Crippen LogP contribution in [-0.2, 0) is 0 Å². The third-order valence-corrected chi connectivity index (χ3v) is 2.51. The van der Waals surface area contributed by atoms with Gasteiger partial charge in [0.1, 0.15) is 5.82 Å². The Bertz CT molecular complexity index is 278. The zero-order valence-electron chi connectivity index (χ0n) is 8.59. The standard InChI is InChI=1S/C10H16N2S/c1-10(2,3)13-8-5-6-12-9(7-8)11-4/h5-7H,1-4H3,(H,11,12). The van der Waals surface area contributed by atoms with E-state index in [1.807, 2.05) is 31.1 Å². The van der Waals surface area contributed by atoms with E-state index in [1.165, 1.54) is 4.90 Å². The van der Waals surface area contributed by atoms with Gasteiger partial charge in [0.2, 0.25) is 0 Å². The minimum atomic E-state index is 0.256. The second-order valence-electron chi connectivity index (χ2n) is 3.84. The lowest BCUT2D eigenvalue weighted by Gasteiger charge is -2.17. The van der Waals surface area contributed by atoms with Crippen molar-refractivity contribution in [2.24, 2.45) is 0 Å². The summed E-state index contributed by atoms with van der Waals surface area (Å²) in [6.45, 7) is 6.62. The summed E-state index contributed by atoms with van der Waals surface area (Å²) in [6, 6.07) is 4.10. The second kappa shape index (κ2) is 4.01. The first-order valence-corrected chi connectivity index (χ1v) is 5.16. The molecule has 1 aromatic rings.